The van der Waals surface area contributed by atoms with Crippen LogP contribution in [0.5, 0.6) is 5.75 Å². The van der Waals surface area contributed by atoms with Gasteiger partial charge in [-0.1, -0.05) is 6.07 Å². The third-order valence-electron chi connectivity index (χ3n) is 3.16. The first kappa shape index (κ1) is 13.9. The minimum absolute atomic E-state index is 0.000694. The molecule has 1 aromatic rings. The number of nitrogens with zero attached hydrogens (tertiary/aromatic N) is 1. The number of hydrogen-bond donors (Lipinski definition) is 1. The highest BCUT2D eigenvalue weighted by Crippen LogP contribution is 2.29. The molecule has 96 valence electrons. The van der Waals surface area contributed by atoms with Crippen molar-refractivity contribution in [1.82, 2.24) is 4.90 Å². The van der Waals surface area contributed by atoms with E-state index in [9.17, 15) is 9.50 Å². The number of likely N-dealkylation sites (N-methyl/N-ethyl adjacent to an activating group) is 1. The largest absolute Gasteiger partial charge is 0.508 e. The Hall–Kier alpha value is -1.13. The molecule has 1 aromatic carbocycles. The molecule has 0 aliphatic heterocycles. The zero-order chi connectivity index (χ0) is 13.0. The minimum atomic E-state index is -0.425. The molecule has 0 spiro atoms. The van der Waals surface area contributed by atoms with Crippen LogP contribution in [0, 0.1) is 5.82 Å². The summed E-state index contributed by atoms with van der Waals surface area (Å²) in [6.07, 6.45) is 0. The Morgan fingerprint density at radius 2 is 2.06 bits per heavy atom. The standard InChI is InChI=1S/C13H20FNO2/c1-9(8-17-4)15(3)10(2)12-6-5-11(14)7-13(12)16/h5-7,9-10,16H,8H2,1-4H3. The maximum Gasteiger partial charge on any atom is 0.126 e. The van der Waals surface area contributed by atoms with Crippen LogP contribution in [0.15, 0.2) is 18.2 Å². The first-order chi connectivity index (χ1) is 7.97. The van der Waals surface area contributed by atoms with Crippen molar-refractivity contribution in [3.05, 3.63) is 29.6 Å². The molecule has 0 aliphatic rings. The van der Waals surface area contributed by atoms with Gasteiger partial charge in [-0.25, -0.2) is 4.39 Å². The number of phenols is 1. The molecule has 0 fully saturated rings. The van der Waals surface area contributed by atoms with Gasteiger partial charge in [-0.3, -0.25) is 4.90 Å². The van der Waals surface area contributed by atoms with Crippen LogP contribution in [0.2, 0.25) is 0 Å². The summed E-state index contributed by atoms with van der Waals surface area (Å²) < 4.78 is 18.0. The lowest BCUT2D eigenvalue weighted by atomic mass is 10.0. The molecule has 0 radical (unpaired) electrons. The minimum Gasteiger partial charge on any atom is -0.508 e. The van der Waals surface area contributed by atoms with E-state index < -0.39 is 5.82 Å². The van der Waals surface area contributed by atoms with Crippen molar-refractivity contribution < 1.29 is 14.2 Å². The molecule has 0 heterocycles. The second-order valence-electron chi connectivity index (χ2n) is 4.35. The van der Waals surface area contributed by atoms with E-state index in [-0.39, 0.29) is 17.8 Å². The summed E-state index contributed by atoms with van der Waals surface area (Å²) in [7, 11) is 3.61. The highest BCUT2D eigenvalue weighted by molar-refractivity contribution is 5.34. The van der Waals surface area contributed by atoms with Gasteiger partial charge in [-0.2, -0.15) is 0 Å². The fourth-order valence-corrected chi connectivity index (χ4v) is 1.83. The fraction of sp³-hybridized carbons (Fsp3) is 0.538. The number of rotatable bonds is 5. The lowest BCUT2D eigenvalue weighted by Crippen LogP contribution is -2.34. The molecule has 0 amide bonds. The smallest absolute Gasteiger partial charge is 0.126 e. The first-order valence-corrected chi connectivity index (χ1v) is 5.66. The topological polar surface area (TPSA) is 32.7 Å². The zero-order valence-corrected chi connectivity index (χ0v) is 10.8. The SMILES string of the molecule is COCC(C)N(C)C(C)c1ccc(F)cc1O. The van der Waals surface area contributed by atoms with Gasteiger partial charge in [0.1, 0.15) is 11.6 Å². The van der Waals surface area contributed by atoms with Gasteiger partial charge in [0.25, 0.3) is 0 Å². The van der Waals surface area contributed by atoms with Crippen LogP contribution in [-0.2, 0) is 4.74 Å². The van der Waals surface area contributed by atoms with E-state index in [1.54, 1.807) is 13.2 Å². The van der Waals surface area contributed by atoms with Crippen molar-refractivity contribution in [2.24, 2.45) is 0 Å². The summed E-state index contributed by atoms with van der Waals surface area (Å²) in [5.41, 5.74) is 0.719. The zero-order valence-electron chi connectivity index (χ0n) is 10.8. The molecular formula is C13H20FNO2. The molecule has 2 atom stereocenters. The molecule has 0 saturated heterocycles. The van der Waals surface area contributed by atoms with Gasteiger partial charge < -0.3 is 9.84 Å². The van der Waals surface area contributed by atoms with E-state index in [0.29, 0.717) is 6.61 Å². The number of aromatic hydroxyl groups is 1. The monoisotopic (exact) mass is 241 g/mol. The summed E-state index contributed by atoms with van der Waals surface area (Å²) >= 11 is 0. The van der Waals surface area contributed by atoms with E-state index in [0.717, 1.165) is 11.6 Å². The molecule has 4 heteroatoms. The summed E-state index contributed by atoms with van der Waals surface area (Å²) in [4.78, 5) is 2.08. The third kappa shape index (κ3) is 3.41. The Morgan fingerprint density at radius 3 is 2.59 bits per heavy atom. The quantitative estimate of drug-likeness (QED) is 0.860. The van der Waals surface area contributed by atoms with E-state index in [2.05, 4.69) is 4.90 Å². The number of benzene rings is 1. The Balaban J connectivity index is 2.84. The molecule has 0 aromatic heterocycles. The van der Waals surface area contributed by atoms with Crippen molar-refractivity contribution >= 4 is 0 Å². The van der Waals surface area contributed by atoms with Gasteiger partial charge in [0.15, 0.2) is 0 Å². The van der Waals surface area contributed by atoms with Gasteiger partial charge >= 0.3 is 0 Å². The number of phenolic OH excluding ortho intramolecular Hbond substituents is 1. The molecule has 2 unspecified atom stereocenters. The third-order valence-corrected chi connectivity index (χ3v) is 3.16. The Kier molecular flexibility index (Phi) is 4.90. The van der Waals surface area contributed by atoms with Crippen LogP contribution in [0.4, 0.5) is 4.39 Å². The van der Waals surface area contributed by atoms with Crippen molar-refractivity contribution in [3.8, 4) is 5.75 Å². The Labute approximate surface area is 102 Å². The van der Waals surface area contributed by atoms with Crippen molar-refractivity contribution in [3.63, 3.8) is 0 Å². The van der Waals surface area contributed by atoms with Crippen molar-refractivity contribution in [1.29, 1.82) is 0 Å². The molecule has 1 rings (SSSR count). The Bertz CT molecular complexity index is 370. The van der Waals surface area contributed by atoms with Crippen LogP contribution < -0.4 is 0 Å². The lowest BCUT2D eigenvalue weighted by molar-refractivity contribution is 0.0932. The predicted octanol–water partition coefficient (Wildman–Crippen LogP) is 2.56. The molecule has 3 nitrogen and oxygen atoms in total. The maximum atomic E-state index is 12.9. The average molecular weight is 241 g/mol. The van der Waals surface area contributed by atoms with Gasteiger partial charge in [0, 0.05) is 30.8 Å². The van der Waals surface area contributed by atoms with Crippen LogP contribution in [0.3, 0.4) is 0 Å². The first-order valence-electron chi connectivity index (χ1n) is 5.66. The van der Waals surface area contributed by atoms with Gasteiger partial charge in [0.2, 0.25) is 0 Å². The summed E-state index contributed by atoms with van der Waals surface area (Å²) in [5.74, 6) is -0.431. The van der Waals surface area contributed by atoms with Gasteiger partial charge in [-0.05, 0) is 27.0 Å². The van der Waals surface area contributed by atoms with E-state index >= 15 is 0 Å². The van der Waals surface area contributed by atoms with Gasteiger partial charge in [0.05, 0.1) is 6.61 Å². The number of hydrogen-bond acceptors (Lipinski definition) is 3. The van der Waals surface area contributed by atoms with Crippen molar-refractivity contribution in [2.45, 2.75) is 25.9 Å². The lowest BCUT2D eigenvalue weighted by Gasteiger charge is -2.31. The van der Waals surface area contributed by atoms with Crippen LogP contribution in [-0.4, -0.2) is 36.8 Å². The Morgan fingerprint density at radius 1 is 1.41 bits per heavy atom. The van der Waals surface area contributed by atoms with Crippen LogP contribution in [0.25, 0.3) is 0 Å². The van der Waals surface area contributed by atoms with Gasteiger partial charge in [-0.15, -0.1) is 0 Å². The summed E-state index contributed by atoms with van der Waals surface area (Å²) in [6, 6.07) is 4.34. The van der Waals surface area contributed by atoms with E-state index in [1.807, 2.05) is 20.9 Å². The van der Waals surface area contributed by atoms with Crippen LogP contribution >= 0.6 is 0 Å². The highest BCUT2D eigenvalue weighted by atomic mass is 19.1. The average Bonchev–Trinajstić information content (AvgIpc) is 2.27. The molecule has 1 N–H and O–H groups in total. The normalized spacial score (nSPS) is 14.9. The summed E-state index contributed by atoms with van der Waals surface area (Å²) in [5, 5.41) is 9.72. The van der Waals surface area contributed by atoms with E-state index in [4.69, 9.17) is 4.74 Å². The molecular weight excluding hydrogens is 221 g/mol. The molecule has 17 heavy (non-hydrogen) atoms. The number of ether oxygens (including phenoxy) is 1. The number of methoxy groups -OCH3 is 1. The van der Waals surface area contributed by atoms with E-state index in [1.165, 1.54) is 6.07 Å². The highest BCUT2D eigenvalue weighted by Gasteiger charge is 2.19. The second-order valence-corrected chi connectivity index (χ2v) is 4.35. The van der Waals surface area contributed by atoms with Crippen LogP contribution in [0.1, 0.15) is 25.5 Å². The maximum absolute atomic E-state index is 12.9. The summed E-state index contributed by atoms with van der Waals surface area (Å²) in [6.45, 7) is 4.63. The fourth-order valence-electron chi connectivity index (χ4n) is 1.83. The molecule has 0 aliphatic carbocycles. The predicted molar refractivity (Wildman–Crippen MR) is 65.6 cm³/mol. The molecule has 0 saturated carbocycles. The number of halogens is 1. The van der Waals surface area contributed by atoms with Crippen molar-refractivity contribution in [2.75, 3.05) is 20.8 Å². The molecule has 0 bridgehead atoms. The second kappa shape index (κ2) is 5.98.